The quantitative estimate of drug-likeness (QED) is 0.831. The third-order valence-corrected chi connectivity index (χ3v) is 3.57. The van der Waals surface area contributed by atoms with Gasteiger partial charge in [-0.2, -0.15) is 0 Å². The number of benzene rings is 2. The Labute approximate surface area is 108 Å². The van der Waals surface area contributed by atoms with Gasteiger partial charge in [0, 0.05) is 4.47 Å². The van der Waals surface area contributed by atoms with Crippen molar-refractivity contribution in [2.75, 3.05) is 0 Å². The van der Waals surface area contributed by atoms with Crippen molar-refractivity contribution in [3.63, 3.8) is 0 Å². The molecule has 0 unspecified atom stereocenters. The minimum Gasteiger partial charge on any atom is -0.300 e. The van der Waals surface area contributed by atoms with Crippen molar-refractivity contribution >= 4 is 15.9 Å². The number of nitrogens with one attached hydrogen (secondary N) is 1. The van der Waals surface area contributed by atoms with Gasteiger partial charge in [0.2, 0.25) is 0 Å². The zero-order valence-corrected chi connectivity index (χ0v) is 10.6. The Morgan fingerprint density at radius 3 is 1.82 bits per heavy atom. The second-order valence-electron chi connectivity index (χ2n) is 4.23. The first-order chi connectivity index (χ1) is 8.24. The molecular weight excluding hydrogens is 281 g/mol. The Morgan fingerprint density at radius 1 is 0.824 bits per heavy atom. The van der Waals surface area contributed by atoms with E-state index in [0.717, 1.165) is 10.0 Å². The standard InChI is InChI=1S/C14H11BrFN/c15-11-5-1-9(2-6-11)13-14(17-13)10-3-7-12(16)8-4-10/h1-8,13-14,17H/t13-,14+/m1/s1. The molecule has 2 aromatic rings. The highest BCUT2D eigenvalue weighted by Gasteiger charge is 2.38. The first kappa shape index (κ1) is 10.9. The van der Waals surface area contributed by atoms with Crippen LogP contribution in [-0.4, -0.2) is 0 Å². The summed E-state index contributed by atoms with van der Waals surface area (Å²) < 4.78 is 13.9. The van der Waals surface area contributed by atoms with Gasteiger partial charge in [0.1, 0.15) is 5.82 Å². The smallest absolute Gasteiger partial charge is 0.123 e. The van der Waals surface area contributed by atoms with E-state index in [1.54, 1.807) is 0 Å². The molecule has 3 heteroatoms. The SMILES string of the molecule is Fc1ccc([C@@H]2N[C@@H]2c2ccc(Br)cc2)cc1. The van der Waals surface area contributed by atoms with Crippen LogP contribution >= 0.6 is 15.9 Å². The van der Waals surface area contributed by atoms with E-state index in [9.17, 15) is 4.39 Å². The molecule has 0 aromatic heterocycles. The van der Waals surface area contributed by atoms with Gasteiger partial charge in [-0.15, -0.1) is 0 Å². The van der Waals surface area contributed by atoms with Gasteiger partial charge in [-0.25, -0.2) is 4.39 Å². The average molecular weight is 292 g/mol. The number of hydrogen-bond donors (Lipinski definition) is 1. The van der Waals surface area contributed by atoms with Gasteiger partial charge in [-0.3, -0.25) is 5.32 Å². The predicted molar refractivity (Wildman–Crippen MR) is 69.2 cm³/mol. The maximum absolute atomic E-state index is 12.8. The molecule has 0 bridgehead atoms. The summed E-state index contributed by atoms with van der Waals surface area (Å²) in [5, 5.41) is 3.40. The molecule has 1 aliphatic heterocycles. The van der Waals surface area contributed by atoms with Crippen molar-refractivity contribution in [3.8, 4) is 0 Å². The zero-order valence-electron chi connectivity index (χ0n) is 9.03. The Bertz CT molecular complexity index is 471. The van der Waals surface area contributed by atoms with Gasteiger partial charge >= 0.3 is 0 Å². The van der Waals surface area contributed by atoms with Crippen LogP contribution in [0.3, 0.4) is 0 Å². The summed E-state index contributed by atoms with van der Waals surface area (Å²) in [6.45, 7) is 0. The monoisotopic (exact) mass is 291 g/mol. The lowest BCUT2D eigenvalue weighted by molar-refractivity contribution is 0.627. The molecule has 1 nitrogen and oxygen atoms in total. The van der Waals surface area contributed by atoms with Crippen molar-refractivity contribution < 1.29 is 4.39 Å². The topological polar surface area (TPSA) is 21.9 Å². The van der Waals surface area contributed by atoms with E-state index in [-0.39, 0.29) is 5.82 Å². The third-order valence-electron chi connectivity index (χ3n) is 3.04. The molecule has 86 valence electrons. The maximum Gasteiger partial charge on any atom is 0.123 e. The van der Waals surface area contributed by atoms with Crippen LogP contribution in [0.15, 0.2) is 53.0 Å². The zero-order chi connectivity index (χ0) is 11.8. The van der Waals surface area contributed by atoms with E-state index in [2.05, 4.69) is 33.4 Å². The Hall–Kier alpha value is -1.19. The van der Waals surface area contributed by atoms with Crippen molar-refractivity contribution in [2.24, 2.45) is 0 Å². The summed E-state index contributed by atoms with van der Waals surface area (Å²) in [7, 11) is 0. The van der Waals surface area contributed by atoms with E-state index in [1.165, 1.54) is 17.7 Å². The molecule has 1 heterocycles. The molecule has 0 spiro atoms. The molecule has 3 rings (SSSR count). The Balaban J connectivity index is 1.78. The molecule has 2 aromatic carbocycles. The van der Waals surface area contributed by atoms with Crippen molar-refractivity contribution in [3.05, 3.63) is 69.9 Å². The normalized spacial score (nSPS) is 22.5. The maximum atomic E-state index is 12.8. The highest BCUT2D eigenvalue weighted by atomic mass is 79.9. The molecule has 1 N–H and O–H groups in total. The summed E-state index contributed by atoms with van der Waals surface area (Å²) in [5.41, 5.74) is 2.40. The molecule has 0 aliphatic carbocycles. The van der Waals surface area contributed by atoms with Gasteiger partial charge in [-0.05, 0) is 35.4 Å². The molecule has 0 amide bonds. The van der Waals surface area contributed by atoms with Crippen LogP contribution in [0.25, 0.3) is 0 Å². The Morgan fingerprint density at radius 2 is 1.29 bits per heavy atom. The summed E-state index contributed by atoms with van der Waals surface area (Å²) in [4.78, 5) is 0. The largest absolute Gasteiger partial charge is 0.300 e. The van der Waals surface area contributed by atoms with Gasteiger partial charge in [0.15, 0.2) is 0 Å². The molecule has 0 radical (unpaired) electrons. The number of halogens is 2. The summed E-state index contributed by atoms with van der Waals surface area (Å²) >= 11 is 3.42. The van der Waals surface area contributed by atoms with E-state index in [4.69, 9.17) is 0 Å². The van der Waals surface area contributed by atoms with Crippen molar-refractivity contribution in [2.45, 2.75) is 12.1 Å². The predicted octanol–water partition coefficient (Wildman–Crippen LogP) is 3.97. The van der Waals surface area contributed by atoms with E-state index < -0.39 is 0 Å². The van der Waals surface area contributed by atoms with Crippen LogP contribution in [0, 0.1) is 5.82 Å². The van der Waals surface area contributed by atoms with Crippen LogP contribution < -0.4 is 5.32 Å². The van der Waals surface area contributed by atoms with Crippen LogP contribution in [0.4, 0.5) is 4.39 Å². The number of rotatable bonds is 2. The summed E-state index contributed by atoms with van der Waals surface area (Å²) in [6.07, 6.45) is 0. The van der Waals surface area contributed by atoms with E-state index in [1.807, 2.05) is 24.3 Å². The van der Waals surface area contributed by atoms with Crippen LogP contribution in [0.1, 0.15) is 23.2 Å². The lowest BCUT2D eigenvalue weighted by Crippen LogP contribution is -1.85. The lowest BCUT2D eigenvalue weighted by Gasteiger charge is -1.99. The van der Waals surface area contributed by atoms with E-state index in [0.29, 0.717) is 12.1 Å². The first-order valence-electron chi connectivity index (χ1n) is 5.51. The average Bonchev–Trinajstić information content (AvgIpc) is 3.11. The lowest BCUT2D eigenvalue weighted by atomic mass is 10.0. The molecule has 1 fully saturated rings. The first-order valence-corrected chi connectivity index (χ1v) is 6.30. The van der Waals surface area contributed by atoms with Crippen molar-refractivity contribution in [1.29, 1.82) is 0 Å². The second kappa shape index (κ2) is 4.24. The third kappa shape index (κ3) is 2.26. The molecule has 1 aliphatic rings. The molecular formula is C14H11BrFN. The molecule has 1 saturated heterocycles. The van der Waals surface area contributed by atoms with Crippen LogP contribution in [-0.2, 0) is 0 Å². The summed E-state index contributed by atoms with van der Waals surface area (Å²) in [5.74, 6) is -0.186. The van der Waals surface area contributed by atoms with E-state index >= 15 is 0 Å². The van der Waals surface area contributed by atoms with Gasteiger partial charge in [0.25, 0.3) is 0 Å². The fourth-order valence-electron chi connectivity index (χ4n) is 2.06. The highest BCUT2D eigenvalue weighted by molar-refractivity contribution is 9.10. The minimum absolute atomic E-state index is 0.186. The summed E-state index contributed by atoms with van der Waals surface area (Å²) in [6, 6.07) is 15.6. The van der Waals surface area contributed by atoms with Crippen LogP contribution in [0.5, 0.6) is 0 Å². The second-order valence-corrected chi connectivity index (χ2v) is 5.14. The Kier molecular flexibility index (Phi) is 2.73. The fraction of sp³-hybridized carbons (Fsp3) is 0.143. The van der Waals surface area contributed by atoms with Gasteiger partial charge < -0.3 is 0 Å². The molecule has 2 atom stereocenters. The van der Waals surface area contributed by atoms with Gasteiger partial charge in [-0.1, -0.05) is 40.2 Å². The minimum atomic E-state index is -0.186. The molecule has 0 saturated carbocycles. The highest BCUT2D eigenvalue weighted by Crippen LogP contribution is 2.42. The van der Waals surface area contributed by atoms with Gasteiger partial charge in [0.05, 0.1) is 12.1 Å². The number of hydrogen-bond acceptors (Lipinski definition) is 1. The van der Waals surface area contributed by atoms with Crippen molar-refractivity contribution in [1.82, 2.24) is 5.32 Å². The molecule has 17 heavy (non-hydrogen) atoms. The fourth-order valence-corrected chi connectivity index (χ4v) is 2.32. The van der Waals surface area contributed by atoms with Crippen LogP contribution in [0.2, 0.25) is 0 Å².